The van der Waals surface area contributed by atoms with Gasteiger partial charge in [-0.2, -0.15) is 0 Å². The number of carbonyl (C=O) groups is 2. The number of amides is 3. The van der Waals surface area contributed by atoms with Crippen LogP contribution in [0.4, 0.5) is 22.1 Å². The summed E-state index contributed by atoms with van der Waals surface area (Å²) in [4.78, 5) is 41.5. The van der Waals surface area contributed by atoms with Crippen molar-refractivity contribution in [2.24, 2.45) is 0 Å². The van der Waals surface area contributed by atoms with Crippen LogP contribution < -0.4 is 10.2 Å². The molecule has 9 heteroatoms. The van der Waals surface area contributed by atoms with E-state index in [4.69, 9.17) is 4.74 Å². The van der Waals surface area contributed by atoms with Crippen molar-refractivity contribution in [3.63, 3.8) is 0 Å². The molecular formula is C23H22N6O3. The Kier molecular flexibility index (Phi) is 5.47. The van der Waals surface area contributed by atoms with Crippen molar-refractivity contribution in [1.82, 2.24) is 19.9 Å². The summed E-state index contributed by atoms with van der Waals surface area (Å²) in [5.41, 5.74) is 1.77. The summed E-state index contributed by atoms with van der Waals surface area (Å²) in [6, 6.07) is 15.9. The predicted octanol–water partition coefficient (Wildman–Crippen LogP) is 3.25. The molecule has 2 atom stereocenters. The van der Waals surface area contributed by atoms with Crippen LogP contribution in [0.1, 0.15) is 23.2 Å². The van der Waals surface area contributed by atoms with E-state index in [9.17, 15) is 9.59 Å². The largest absolute Gasteiger partial charge is 0.377 e. The topological polar surface area (TPSA) is 101 Å². The fourth-order valence-electron chi connectivity index (χ4n) is 4.23. The number of benzene rings is 2. The van der Waals surface area contributed by atoms with E-state index in [1.54, 1.807) is 36.4 Å². The van der Waals surface area contributed by atoms with E-state index in [1.807, 2.05) is 23.1 Å². The van der Waals surface area contributed by atoms with E-state index in [2.05, 4.69) is 20.3 Å². The SMILES string of the molecule is O=C(Nc1ccc(C(=O)N2C3CCC2COC3)cc1)N(c1ccccc1)c1ncncn1. The minimum absolute atomic E-state index is 0.00905. The third kappa shape index (κ3) is 3.90. The predicted molar refractivity (Wildman–Crippen MR) is 118 cm³/mol. The molecule has 3 amide bonds. The molecule has 1 aromatic heterocycles. The molecule has 2 unspecified atom stereocenters. The molecule has 162 valence electrons. The smallest absolute Gasteiger partial charge is 0.333 e. The second kappa shape index (κ2) is 8.72. The van der Waals surface area contributed by atoms with Gasteiger partial charge >= 0.3 is 6.03 Å². The van der Waals surface area contributed by atoms with E-state index < -0.39 is 6.03 Å². The summed E-state index contributed by atoms with van der Waals surface area (Å²) in [5, 5.41) is 2.86. The number of aromatic nitrogens is 3. The summed E-state index contributed by atoms with van der Waals surface area (Å²) < 4.78 is 5.57. The van der Waals surface area contributed by atoms with Gasteiger partial charge in [-0.1, -0.05) is 18.2 Å². The van der Waals surface area contributed by atoms with Crippen molar-refractivity contribution in [3.8, 4) is 0 Å². The number of ether oxygens (including phenoxy) is 1. The minimum Gasteiger partial charge on any atom is -0.377 e. The van der Waals surface area contributed by atoms with Crippen molar-refractivity contribution in [3.05, 3.63) is 72.8 Å². The first-order valence-electron chi connectivity index (χ1n) is 10.5. The van der Waals surface area contributed by atoms with E-state index in [-0.39, 0.29) is 23.9 Å². The van der Waals surface area contributed by atoms with Crippen LogP contribution in [0.3, 0.4) is 0 Å². The molecule has 0 saturated carbocycles. The zero-order chi connectivity index (χ0) is 21.9. The molecular weight excluding hydrogens is 408 g/mol. The quantitative estimate of drug-likeness (QED) is 0.682. The van der Waals surface area contributed by atoms with E-state index in [1.165, 1.54) is 17.6 Å². The number of anilines is 3. The lowest BCUT2D eigenvalue weighted by Crippen LogP contribution is -2.49. The molecule has 0 spiro atoms. The summed E-state index contributed by atoms with van der Waals surface area (Å²) in [6.07, 6.45) is 4.64. The zero-order valence-corrected chi connectivity index (χ0v) is 17.3. The number of fused-ring (bicyclic) bond motifs is 2. The monoisotopic (exact) mass is 430 g/mol. The average Bonchev–Trinajstić information content (AvgIpc) is 3.08. The number of hydrogen-bond acceptors (Lipinski definition) is 6. The standard InChI is InChI=1S/C23H22N6O3/c30-21(28-19-10-11-20(28)13-32-12-19)16-6-8-17(9-7-16)27-23(31)29(18-4-2-1-3-5-18)22-25-14-24-15-26-22/h1-9,14-15,19-20H,10-13H2,(H,27,31). The lowest BCUT2D eigenvalue weighted by molar-refractivity contribution is -0.00715. The lowest BCUT2D eigenvalue weighted by Gasteiger charge is -2.34. The minimum atomic E-state index is -0.423. The van der Waals surface area contributed by atoms with Crippen molar-refractivity contribution >= 4 is 29.3 Å². The molecule has 2 fully saturated rings. The van der Waals surface area contributed by atoms with Gasteiger partial charge in [-0.25, -0.2) is 24.6 Å². The van der Waals surface area contributed by atoms with Crippen molar-refractivity contribution in [2.45, 2.75) is 24.9 Å². The van der Waals surface area contributed by atoms with Crippen LogP contribution in [-0.2, 0) is 4.74 Å². The van der Waals surface area contributed by atoms with Gasteiger partial charge in [-0.05, 0) is 49.2 Å². The van der Waals surface area contributed by atoms with Crippen LogP contribution in [0.15, 0.2) is 67.3 Å². The van der Waals surface area contributed by atoms with Gasteiger partial charge in [0.05, 0.1) is 31.0 Å². The number of para-hydroxylation sites is 1. The van der Waals surface area contributed by atoms with Gasteiger partial charge < -0.3 is 15.0 Å². The Bertz CT molecular complexity index is 1040. The number of morpholine rings is 1. The highest BCUT2D eigenvalue weighted by Gasteiger charge is 2.40. The van der Waals surface area contributed by atoms with E-state index in [0.717, 1.165) is 12.8 Å². The first kappa shape index (κ1) is 20.1. The summed E-state index contributed by atoms with van der Waals surface area (Å²) in [6.45, 7) is 1.20. The molecule has 1 N–H and O–H groups in total. The van der Waals surface area contributed by atoms with Crippen molar-refractivity contribution in [2.75, 3.05) is 23.4 Å². The number of rotatable bonds is 4. The molecule has 9 nitrogen and oxygen atoms in total. The Balaban J connectivity index is 1.33. The Morgan fingerprint density at radius 2 is 1.59 bits per heavy atom. The fourth-order valence-corrected chi connectivity index (χ4v) is 4.23. The molecule has 2 aliphatic rings. The molecule has 0 radical (unpaired) electrons. The molecule has 2 aliphatic heterocycles. The molecule has 3 heterocycles. The van der Waals surface area contributed by atoms with Crippen LogP contribution in [0.25, 0.3) is 0 Å². The third-order valence-corrected chi connectivity index (χ3v) is 5.76. The summed E-state index contributed by atoms with van der Waals surface area (Å²) in [5.74, 6) is 0.216. The maximum absolute atomic E-state index is 13.1. The fraction of sp³-hybridized carbons (Fsp3) is 0.261. The van der Waals surface area contributed by atoms with Crippen LogP contribution in [-0.4, -0.2) is 57.1 Å². The third-order valence-electron chi connectivity index (χ3n) is 5.76. The van der Waals surface area contributed by atoms with Gasteiger partial charge in [0.1, 0.15) is 12.7 Å². The van der Waals surface area contributed by atoms with Crippen LogP contribution >= 0.6 is 0 Å². The zero-order valence-electron chi connectivity index (χ0n) is 17.3. The lowest BCUT2D eigenvalue weighted by atomic mass is 10.1. The van der Waals surface area contributed by atoms with Crippen molar-refractivity contribution < 1.29 is 14.3 Å². The molecule has 5 rings (SSSR count). The first-order chi connectivity index (χ1) is 15.7. The number of nitrogens with one attached hydrogen (secondary N) is 1. The summed E-state index contributed by atoms with van der Waals surface area (Å²) in [7, 11) is 0. The Morgan fingerprint density at radius 3 is 2.25 bits per heavy atom. The Morgan fingerprint density at radius 1 is 0.938 bits per heavy atom. The van der Waals surface area contributed by atoms with Crippen LogP contribution in [0.2, 0.25) is 0 Å². The normalized spacial score (nSPS) is 19.4. The molecule has 32 heavy (non-hydrogen) atoms. The second-order valence-electron chi connectivity index (χ2n) is 7.75. The number of urea groups is 1. The number of nitrogens with zero attached hydrogens (tertiary/aromatic N) is 5. The van der Waals surface area contributed by atoms with E-state index >= 15 is 0 Å². The highest BCUT2D eigenvalue weighted by molar-refractivity contribution is 6.06. The van der Waals surface area contributed by atoms with E-state index in [0.29, 0.717) is 30.2 Å². The number of hydrogen-bond donors (Lipinski definition) is 1. The maximum Gasteiger partial charge on any atom is 0.333 e. The van der Waals surface area contributed by atoms with Gasteiger partial charge in [0, 0.05) is 11.3 Å². The average molecular weight is 430 g/mol. The number of carbonyl (C=O) groups excluding carboxylic acids is 2. The van der Waals surface area contributed by atoms with Crippen molar-refractivity contribution in [1.29, 1.82) is 0 Å². The van der Waals surface area contributed by atoms with Crippen LogP contribution in [0, 0.1) is 0 Å². The van der Waals surface area contributed by atoms with Crippen LogP contribution in [0.5, 0.6) is 0 Å². The van der Waals surface area contributed by atoms with Gasteiger partial charge in [0.15, 0.2) is 0 Å². The molecule has 2 saturated heterocycles. The van der Waals surface area contributed by atoms with Gasteiger partial charge in [0.2, 0.25) is 5.95 Å². The van der Waals surface area contributed by atoms with Gasteiger partial charge in [-0.3, -0.25) is 4.79 Å². The highest BCUT2D eigenvalue weighted by atomic mass is 16.5. The molecule has 2 aromatic carbocycles. The van der Waals surface area contributed by atoms with Gasteiger partial charge in [0.25, 0.3) is 5.91 Å². The summed E-state index contributed by atoms with van der Waals surface area (Å²) >= 11 is 0. The highest BCUT2D eigenvalue weighted by Crippen LogP contribution is 2.30. The Labute approximate surface area is 185 Å². The first-order valence-corrected chi connectivity index (χ1v) is 10.5. The second-order valence-corrected chi connectivity index (χ2v) is 7.75. The Hall–Kier alpha value is -3.85. The molecule has 2 bridgehead atoms. The molecule has 3 aromatic rings. The maximum atomic E-state index is 13.1. The van der Waals surface area contributed by atoms with Gasteiger partial charge in [-0.15, -0.1) is 0 Å². The molecule has 0 aliphatic carbocycles.